The molecule has 3 aromatic rings. The second-order valence-electron chi connectivity index (χ2n) is 4.91. The molecule has 108 valence electrons. The Balaban J connectivity index is 2.04. The first-order chi connectivity index (χ1) is 10.2. The van der Waals surface area contributed by atoms with Crippen LogP contribution in [0.15, 0.2) is 35.1 Å². The van der Waals surface area contributed by atoms with Crippen LogP contribution in [0.1, 0.15) is 34.3 Å². The Bertz CT molecular complexity index is 772. The van der Waals surface area contributed by atoms with E-state index >= 15 is 0 Å². The van der Waals surface area contributed by atoms with Crippen LogP contribution >= 0.6 is 0 Å². The SMILES string of the molecule is CCOC(=O)c1cc2cc(C)cc(Cc3c[nH]cn3)c2o1. The lowest BCUT2D eigenvalue weighted by molar-refractivity contribution is 0.0492. The lowest BCUT2D eigenvalue weighted by Gasteiger charge is -2.02. The number of nitrogens with zero attached hydrogens (tertiary/aromatic N) is 1. The second kappa shape index (κ2) is 5.44. The summed E-state index contributed by atoms with van der Waals surface area (Å²) in [5.74, 6) is -0.196. The number of furan rings is 1. The van der Waals surface area contributed by atoms with Crippen LogP contribution in [0.2, 0.25) is 0 Å². The molecule has 1 aromatic carbocycles. The lowest BCUT2D eigenvalue weighted by atomic mass is 10.0. The zero-order valence-electron chi connectivity index (χ0n) is 12.0. The molecule has 2 heterocycles. The number of carbonyl (C=O) groups excluding carboxylic acids is 1. The van der Waals surface area contributed by atoms with Gasteiger partial charge in [-0.15, -0.1) is 0 Å². The topological polar surface area (TPSA) is 68.1 Å². The van der Waals surface area contributed by atoms with Gasteiger partial charge in [0.2, 0.25) is 5.76 Å². The van der Waals surface area contributed by atoms with E-state index in [0.29, 0.717) is 18.6 Å². The van der Waals surface area contributed by atoms with E-state index in [2.05, 4.69) is 16.0 Å². The molecule has 3 rings (SSSR count). The van der Waals surface area contributed by atoms with Crippen molar-refractivity contribution >= 4 is 16.9 Å². The Kier molecular flexibility index (Phi) is 3.48. The zero-order valence-corrected chi connectivity index (χ0v) is 12.0. The number of H-pyrrole nitrogens is 1. The van der Waals surface area contributed by atoms with Gasteiger partial charge in [-0.3, -0.25) is 0 Å². The number of aryl methyl sites for hydroxylation is 1. The summed E-state index contributed by atoms with van der Waals surface area (Å²) in [6, 6.07) is 5.78. The molecule has 0 radical (unpaired) electrons. The molecule has 5 heteroatoms. The average molecular weight is 284 g/mol. The molecule has 0 saturated heterocycles. The van der Waals surface area contributed by atoms with Gasteiger partial charge >= 0.3 is 5.97 Å². The number of aromatic nitrogens is 2. The highest BCUT2D eigenvalue weighted by atomic mass is 16.5. The third kappa shape index (κ3) is 2.67. The van der Waals surface area contributed by atoms with Gasteiger partial charge in [0.25, 0.3) is 0 Å². The number of aromatic amines is 1. The summed E-state index contributed by atoms with van der Waals surface area (Å²) in [6.07, 6.45) is 4.15. The zero-order chi connectivity index (χ0) is 14.8. The predicted octanol–water partition coefficient (Wildman–Crippen LogP) is 3.23. The maximum Gasteiger partial charge on any atom is 0.374 e. The van der Waals surface area contributed by atoms with Crippen molar-refractivity contribution < 1.29 is 13.9 Å². The fourth-order valence-electron chi connectivity index (χ4n) is 2.41. The molecule has 0 bridgehead atoms. The number of hydrogen-bond donors (Lipinski definition) is 1. The molecule has 2 aromatic heterocycles. The molecule has 21 heavy (non-hydrogen) atoms. The number of esters is 1. The highest BCUT2D eigenvalue weighted by Gasteiger charge is 2.16. The summed E-state index contributed by atoms with van der Waals surface area (Å²) in [6.45, 7) is 4.12. The number of rotatable bonds is 4. The van der Waals surface area contributed by atoms with Crippen LogP contribution in [-0.2, 0) is 11.2 Å². The third-order valence-electron chi connectivity index (χ3n) is 3.24. The Hall–Kier alpha value is -2.56. The molecular formula is C16H16N2O3. The summed E-state index contributed by atoms with van der Waals surface area (Å²) in [7, 11) is 0. The van der Waals surface area contributed by atoms with Crippen LogP contribution in [0.3, 0.4) is 0 Å². The van der Waals surface area contributed by atoms with Crippen LogP contribution in [0.4, 0.5) is 0 Å². The van der Waals surface area contributed by atoms with Crippen molar-refractivity contribution in [3.63, 3.8) is 0 Å². The van der Waals surface area contributed by atoms with Gasteiger partial charge in [-0.2, -0.15) is 0 Å². The summed E-state index contributed by atoms with van der Waals surface area (Å²) < 4.78 is 10.7. The van der Waals surface area contributed by atoms with Crippen molar-refractivity contribution in [2.75, 3.05) is 6.61 Å². The van der Waals surface area contributed by atoms with Crippen molar-refractivity contribution in [2.24, 2.45) is 0 Å². The van der Waals surface area contributed by atoms with Crippen molar-refractivity contribution in [3.05, 3.63) is 53.3 Å². The van der Waals surface area contributed by atoms with E-state index in [1.54, 1.807) is 19.3 Å². The fourth-order valence-corrected chi connectivity index (χ4v) is 2.41. The largest absolute Gasteiger partial charge is 0.460 e. The third-order valence-corrected chi connectivity index (χ3v) is 3.24. The van der Waals surface area contributed by atoms with E-state index in [4.69, 9.17) is 9.15 Å². The molecule has 5 nitrogen and oxygen atoms in total. The highest BCUT2D eigenvalue weighted by molar-refractivity contribution is 5.93. The van der Waals surface area contributed by atoms with Crippen LogP contribution < -0.4 is 0 Å². The van der Waals surface area contributed by atoms with Gasteiger partial charge in [-0.1, -0.05) is 6.07 Å². The number of carbonyl (C=O) groups is 1. The quantitative estimate of drug-likeness (QED) is 0.747. The minimum Gasteiger partial charge on any atom is -0.460 e. The molecular weight excluding hydrogens is 268 g/mol. The smallest absolute Gasteiger partial charge is 0.374 e. The number of fused-ring (bicyclic) bond motifs is 1. The Labute approximate surface area is 121 Å². The molecule has 0 atom stereocenters. The Morgan fingerprint density at radius 3 is 2.95 bits per heavy atom. The summed E-state index contributed by atoms with van der Waals surface area (Å²) in [5.41, 5.74) is 3.76. The van der Waals surface area contributed by atoms with E-state index in [0.717, 1.165) is 22.2 Å². The molecule has 0 saturated carbocycles. The summed E-state index contributed by atoms with van der Waals surface area (Å²) in [5, 5.41) is 0.906. The van der Waals surface area contributed by atoms with Crippen LogP contribution in [0.5, 0.6) is 0 Å². The van der Waals surface area contributed by atoms with Gasteiger partial charge < -0.3 is 14.1 Å². The van der Waals surface area contributed by atoms with Crippen LogP contribution in [0.25, 0.3) is 11.0 Å². The number of ether oxygens (including phenoxy) is 1. The van der Waals surface area contributed by atoms with E-state index in [-0.39, 0.29) is 5.76 Å². The lowest BCUT2D eigenvalue weighted by Crippen LogP contribution is -2.02. The van der Waals surface area contributed by atoms with Crippen molar-refractivity contribution in [1.82, 2.24) is 9.97 Å². The maximum absolute atomic E-state index is 11.8. The molecule has 1 N–H and O–H groups in total. The van der Waals surface area contributed by atoms with Crippen LogP contribution in [-0.4, -0.2) is 22.5 Å². The first kappa shape index (κ1) is 13.4. The van der Waals surface area contributed by atoms with E-state index in [9.17, 15) is 4.79 Å². The van der Waals surface area contributed by atoms with Gasteiger partial charge in [-0.05, 0) is 31.5 Å². The van der Waals surface area contributed by atoms with Crippen molar-refractivity contribution in [1.29, 1.82) is 0 Å². The monoisotopic (exact) mass is 284 g/mol. The minimum atomic E-state index is -0.433. The van der Waals surface area contributed by atoms with Crippen molar-refractivity contribution in [3.8, 4) is 0 Å². The van der Waals surface area contributed by atoms with Crippen molar-refractivity contribution in [2.45, 2.75) is 20.3 Å². The first-order valence-corrected chi connectivity index (χ1v) is 6.85. The number of nitrogens with one attached hydrogen (secondary N) is 1. The molecule has 0 spiro atoms. The predicted molar refractivity (Wildman–Crippen MR) is 78.3 cm³/mol. The van der Waals surface area contributed by atoms with E-state index in [1.807, 2.05) is 19.2 Å². The minimum absolute atomic E-state index is 0.237. The first-order valence-electron chi connectivity index (χ1n) is 6.85. The Morgan fingerprint density at radius 1 is 1.38 bits per heavy atom. The van der Waals surface area contributed by atoms with E-state index in [1.165, 1.54) is 0 Å². The molecule has 0 aliphatic rings. The van der Waals surface area contributed by atoms with E-state index < -0.39 is 5.97 Å². The standard InChI is InChI=1S/C16H16N2O3/c1-3-20-16(19)14-7-12-5-10(2)4-11(15(12)21-14)6-13-8-17-9-18-13/h4-5,7-9H,3,6H2,1-2H3,(H,17,18). The average Bonchev–Trinajstić information content (AvgIpc) is 3.07. The number of hydrogen-bond acceptors (Lipinski definition) is 4. The fraction of sp³-hybridized carbons (Fsp3) is 0.250. The molecule has 0 fully saturated rings. The summed E-state index contributed by atoms with van der Waals surface area (Å²) >= 11 is 0. The van der Waals surface area contributed by atoms with Gasteiger partial charge in [0.05, 0.1) is 18.6 Å². The normalized spacial score (nSPS) is 11.0. The molecule has 0 unspecified atom stereocenters. The van der Waals surface area contributed by atoms with Gasteiger partial charge in [0.1, 0.15) is 5.58 Å². The van der Waals surface area contributed by atoms with Crippen LogP contribution in [0, 0.1) is 6.92 Å². The van der Waals surface area contributed by atoms with Gasteiger partial charge in [-0.25, -0.2) is 9.78 Å². The summed E-state index contributed by atoms with van der Waals surface area (Å²) in [4.78, 5) is 19.0. The Morgan fingerprint density at radius 2 is 2.24 bits per heavy atom. The van der Waals surface area contributed by atoms with Gasteiger partial charge in [0, 0.05) is 23.6 Å². The maximum atomic E-state index is 11.8. The molecule has 0 amide bonds. The highest BCUT2D eigenvalue weighted by Crippen LogP contribution is 2.27. The molecule has 0 aliphatic heterocycles. The molecule has 0 aliphatic carbocycles. The van der Waals surface area contributed by atoms with Gasteiger partial charge in [0.15, 0.2) is 0 Å². The number of benzene rings is 1. The number of imidazole rings is 1. The second-order valence-corrected chi connectivity index (χ2v) is 4.91.